The first-order chi connectivity index (χ1) is 15.5. The third-order valence-corrected chi connectivity index (χ3v) is 8.25. The maximum Gasteiger partial charge on any atom is 0.240 e. The minimum atomic E-state index is 0.00650. The van der Waals surface area contributed by atoms with Crippen molar-refractivity contribution in [1.82, 2.24) is 25.2 Å². The van der Waals surface area contributed by atoms with Crippen LogP contribution in [0.3, 0.4) is 0 Å². The van der Waals surface area contributed by atoms with Crippen LogP contribution < -0.4 is 11.1 Å². The molecule has 4 saturated carbocycles. The third-order valence-electron chi connectivity index (χ3n) is 8.25. The second-order valence-corrected chi connectivity index (χ2v) is 10.3. The van der Waals surface area contributed by atoms with Crippen LogP contribution in [0.1, 0.15) is 51.9 Å². The fourth-order valence-electron chi connectivity index (χ4n) is 7.44. The summed E-state index contributed by atoms with van der Waals surface area (Å²) < 4.78 is 6.66. The molecule has 1 atom stereocenters. The van der Waals surface area contributed by atoms with E-state index in [4.69, 9.17) is 10.4 Å². The first-order valence-corrected chi connectivity index (χ1v) is 11.9. The summed E-state index contributed by atoms with van der Waals surface area (Å²) in [7, 11) is 0. The zero-order valence-corrected chi connectivity index (χ0v) is 18.5. The number of para-hydroxylation sites is 2. The van der Waals surface area contributed by atoms with E-state index in [1.54, 1.807) is 0 Å². The molecule has 2 heterocycles. The number of fused-ring (bicyclic) bond motifs is 1. The number of carbonyl (C=O) groups excluding carboxylic acids is 1. The van der Waals surface area contributed by atoms with Crippen LogP contribution in [0.4, 0.5) is 5.82 Å². The number of rotatable bonds is 6. The van der Waals surface area contributed by atoms with E-state index in [9.17, 15) is 4.79 Å². The van der Waals surface area contributed by atoms with Crippen molar-refractivity contribution in [2.24, 2.45) is 23.2 Å². The predicted octanol–water partition coefficient (Wildman–Crippen LogP) is 3.78. The Balaban J connectivity index is 1.28. The quantitative estimate of drug-likeness (QED) is 0.611. The van der Waals surface area contributed by atoms with Gasteiger partial charge >= 0.3 is 0 Å². The lowest BCUT2D eigenvalue weighted by Gasteiger charge is -2.59. The molecule has 4 fully saturated rings. The second kappa shape index (κ2) is 7.32. The number of carbonyl (C=O) groups is 1. The van der Waals surface area contributed by atoms with Crippen LogP contribution in [0.2, 0.25) is 0 Å². The lowest BCUT2D eigenvalue weighted by molar-refractivity contribution is -0.127. The number of nitrogens with one attached hydrogen (secondary N) is 1. The minimum absolute atomic E-state index is 0.00650. The molecule has 32 heavy (non-hydrogen) atoms. The van der Waals surface area contributed by atoms with Gasteiger partial charge < -0.3 is 15.6 Å². The van der Waals surface area contributed by atoms with E-state index >= 15 is 0 Å². The summed E-state index contributed by atoms with van der Waals surface area (Å²) in [5.74, 6) is 3.26. The van der Waals surface area contributed by atoms with Crippen LogP contribution in [0, 0.1) is 23.2 Å². The number of nitrogens with zero attached hydrogens (tertiary/aromatic N) is 4. The Morgan fingerprint density at radius 1 is 1.19 bits per heavy atom. The van der Waals surface area contributed by atoms with Gasteiger partial charge in [0.25, 0.3) is 0 Å². The number of nitrogen functional groups attached to an aromatic ring is 1. The number of benzene rings is 1. The summed E-state index contributed by atoms with van der Waals surface area (Å²) in [6.07, 6.45) is 9.01. The molecule has 3 aromatic rings. The topological polar surface area (TPSA) is 112 Å². The molecular formula is C24H30N6O2. The average molecular weight is 435 g/mol. The van der Waals surface area contributed by atoms with E-state index in [2.05, 4.69) is 27.5 Å². The predicted molar refractivity (Wildman–Crippen MR) is 120 cm³/mol. The van der Waals surface area contributed by atoms with Gasteiger partial charge in [-0.25, -0.2) is 9.61 Å². The minimum Gasteiger partial charge on any atom is -0.379 e. The molecule has 4 bridgehead atoms. The fraction of sp³-hybridized carbons (Fsp3) is 0.583. The summed E-state index contributed by atoms with van der Waals surface area (Å²) in [4.78, 5) is 18.0. The Morgan fingerprint density at radius 3 is 2.50 bits per heavy atom. The number of imidazole rings is 1. The Morgan fingerprint density at radius 2 is 1.88 bits per heavy atom. The van der Waals surface area contributed by atoms with Crippen LogP contribution >= 0.6 is 0 Å². The lowest BCUT2D eigenvalue weighted by atomic mass is 9.47. The third kappa shape index (κ3) is 3.11. The number of amides is 1. The van der Waals surface area contributed by atoms with E-state index in [0.717, 1.165) is 35.2 Å². The van der Waals surface area contributed by atoms with Crippen molar-refractivity contribution in [1.29, 1.82) is 0 Å². The zero-order valence-electron chi connectivity index (χ0n) is 18.5. The van der Waals surface area contributed by atoms with Crippen molar-refractivity contribution in [3.63, 3.8) is 0 Å². The van der Waals surface area contributed by atoms with Gasteiger partial charge in [-0.1, -0.05) is 19.1 Å². The molecule has 7 rings (SSSR count). The smallest absolute Gasteiger partial charge is 0.240 e. The average Bonchev–Trinajstić information content (AvgIpc) is 3.34. The van der Waals surface area contributed by atoms with Crippen molar-refractivity contribution in [3.05, 3.63) is 24.3 Å². The van der Waals surface area contributed by atoms with E-state index in [1.807, 2.05) is 28.8 Å². The van der Waals surface area contributed by atoms with E-state index < -0.39 is 0 Å². The summed E-state index contributed by atoms with van der Waals surface area (Å²) in [5.41, 5.74) is 8.23. The highest BCUT2D eigenvalue weighted by Crippen LogP contribution is 2.61. The van der Waals surface area contributed by atoms with Gasteiger partial charge in [0.2, 0.25) is 5.91 Å². The van der Waals surface area contributed by atoms with Crippen molar-refractivity contribution >= 4 is 22.8 Å². The van der Waals surface area contributed by atoms with Gasteiger partial charge in [-0.15, -0.1) is 0 Å². The number of hydrogen-bond acceptors (Lipinski definition) is 6. The molecule has 3 N–H and O–H groups in total. The number of anilines is 1. The summed E-state index contributed by atoms with van der Waals surface area (Å²) in [6.45, 7) is 2.37. The standard InChI is InChI=1S/C24H30N6O2/c1-2-19(24-10-14-7-15(11-24)9-16(8-14)12-24)27-20(31)13-30-18-6-4-3-5-17(18)26-23(30)21-22(25)29-32-28-21/h3-6,14-16,19H,2,7-13H2,1H3,(H2,25,29)(H,27,31)/t14?,15?,16?,19-,24?/m0/s1. The Labute approximate surface area is 186 Å². The van der Waals surface area contributed by atoms with Crippen LogP contribution in [0.15, 0.2) is 28.9 Å². The van der Waals surface area contributed by atoms with Crippen LogP contribution in [-0.2, 0) is 11.3 Å². The normalized spacial score (nSPS) is 29.5. The number of nitrogens with two attached hydrogens (primary N) is 1. The molecule has 2 aromatic heterocycles. The van der Waals surface area contributed by atoms with Gasteiger partial charge in [-0.05, 0) is 90.6 Å². The molecule has 4 aliphatic rings. The Kier molecular flexibility index (Phi) is 4.52. The molecule has 0 unspecified atom stereocenters. The summed E-state index contributed by atoms with van der Waals surface area (Å²) in [6, 6.07) is 7.96. The van der Waals surface area contributed by atoms with Gasteiger partial charge in [-0.2, -0.15) is 0 Å². The maximum atomic E-state index is 13.4. The molecule has 0 spiro atoms. The summed E-state index contributed by atoms with van der Waals surface area (Å²) in [5, 5.41) is 11.1. The molecule has 1 amide bonds. The van der Waals surface area contributed by atoms with E-state index in [0.29, 0.717) is 11.5 Å². The highest BCUT2D eigenvalue weighted by Gasteiger charge is 2.54. The second-order valence-electron chi connectivity index (χ2n) is 10.3. The van der Waals surface area contributed by atoms with Crippen molar-refractivity contribution in [2.75, 3.05) is 5.73 Å². The van der Waals surface area contributed by atoms with E-state index in [-0.39, 0.29) is 29.7 Å². The monoisotopic (exact) mass is 434 g/mol. The molecule has 8 heteroatoms. The summed E-state index contributed by atoms with van der Waals surface area (Å²) >= 11 is 0. The maximum absolute atomic E-state index is 13.4. The van der Waals surface area contributed by atoms with Crippen molar-refractivity contribution in [2.45, 2.75) is 64.5 Å². The SMILES string of the molecule is CC[C@H](NC(=O)Cn1c(-c2nonc2N)nc2ccccc21)C12CC3CC(CC(C3)C1)C2. The molecule has 0 saturated heterocycles. The number of aromatic nitrogens is 4. The molecule has 1 aromatic carbocycles. The lowest BCUT2D eigenvalue weighted by Crippen LogP contribution is -2.57. The van der Waals surface area contributed by atoms with Crippen LogP contribution in [-0.4, -0.2) is 31.8 Å². The van der Waals surface area contributed by atoms with Gasteiger partial charge in [0.1, 0.15) is 6.54 Å². The fourth-order valence-corrected chi connectivity index (χ4v) is 7.44. The number of hydrogen-bond donors (Lipinski definition) is 2. The zero-order chi connectivity index (χ0) is 21.9. The van der Waals surface area contributed by atoms with Gasteiger partial charge in [0, 0.05) is 6.04 Å². The van der Waals surface area contributed by atoms with Gasteiger partial charge in [0.05, 0.1) is 11.0 Å². The van der Waals surface area contributed by atoms with Crippen LogP contribution in [0.5, 0.6) is 0 Å². The molecule has 0 aliphatic heterocycles. The van der Waals surface area contributed by atoms with Gasteiger partial charge in [-0.3, -0.25) is 4.79 Å². The van der Waals surface area contributed by atoms with Crippen LogP contribution in [0.25, 0.3) is 22.6 Å². The van der Waals surface area contributed by atoms with Crippen molar-refractivity contribution in [3.8, 4) is 11.5 Å². The first kappa shape index (κ1) is 19.8. The largest absolute Gasteiger partial charge is 0.379 e. The highest BCUT2D eigenvalue weighted by atomic mass is 16.6. The molecule has 8 nitrogen and oxygen atoms in total. The molecular weight excluding hydrogens is 404 g/mol. The molecule has 0 radical (unpaired) electrons. The Bertz CT molecular complexity index is 1130. The first-order valence-electron chi connectivity index (χ1n) is 11.9. The highest BCUT2D eigenvalue weighted by molar-refractivity contribution is 5.85. The van der Waals surface area contributed by atoms with E-state index in [1.165, 1.54) is 38.5 Å². The Hall–Kier alpha value is -2.90. The molecule has 168 valence electrons. The van der Waals surface area contributed by atoms with Crippen molar-refractivity contribution < 1.29 is 9.42 Å². The van der Waals surface area contributed by atoms with Gasteiger partial charge in [0.15, 0.2) is 17.3 Å². The molecule has 4 aliphatic carbocycles.